The van der Waals surface area contributed by atoms with Gasteiger partial charge in [-0.25, -0.2) is 0 Å². The van der Waals surface area contributed by atoms with Gasteiger partial charge in [-0.3, -0.25) is 9.88 Å². The highest BCUT2D eigenvalue weighted by atomic mass is 16.4. The average Bonchev–Trinajstić information content (AvgIpc) is 3.36. The Labute approximate surface area is 210 Å². The molecule has 0 aliphatic carbocycles. The molecule has 4 aromatic rings. The van der Waals surface area contributed by atoms with Crippen LogP contribution in [0.25, 0.3) is 11.3 Å². The molecule has 0 bridgehead atoms. The van der Waals surface area contributed by atoms with Gasteiger partial charge in [-0.05, 0) is 86.2 Å². The van der Waals surface area contributed by atoms with Gasteiger partial charge in [-0.15, -0.1) is 0 Å². The molecule has 4 rings (SSSR count). The molecule has 0 atom stereocenters. The number of furan rings is 1. The molecule has 0 spiro atoms. The van der Waals surface area contributed by atoms with E-state index in [9.17, 15) is 0 Å². The first kappa shape index (κ1) is 24.8. The van der Waals surface area contributed by atoms with E-state index < -0.39 is 0 Å². The first-order chi connectivity index (χ1) is 17.2. The Kier molecular flexibility index (Phi) is 8.78. The average molecular weight is 467 g/mol. The molecule has 0 radical (unpaired) electrons. The molecule has 35 heavy (non-hydrogen) atoms. The molecule has 2 aromatic heterocycles. The summed E-state index contributed by atoms with van der Waals surface area (Å²) in [6.45, 7) is 6.51. The number of benzene rings is 2. The Hall–Kier alpha value is -3.33. The molecule has 0 saturated carbocycles. The van der Waals surface area contributed by atoms with Crippen LogP contribution in [0.2, 0.25) is 0 Å². The molecule has 2 heterocycles. The van der Waals surface area contributed by atoms with E-state index >= 15 is 0 Å². The number of pyridine rings is 1. The van der Waals surface area contributed by atoms with Crippen LogP contribution in [0, 0.1) is 6.92 Å². The molecule has 0 fully saturated rings. The summed E-state index contributed by atoms with van der Waals surface area (Å²) in [5.74, 6) is 1.66. The van der Waals surface area contributed by atoms with Gasteiger partial charge in [0.15, 0.2) is 0 Å². The van der Waals surface area contributed by atoms with Crippen molar-refractivity contribution in [1.82, 2.24) is 4.98 Å². The lowest BCUT2D eigenvalue weighted by Gasteiger charge is -2.23. The lowest BCUT2D eigenvalue weighted by atomic mass is 10.1. The molecular formula is C32H38N2O. The molecule has 2 aromatic carbocycles. The van der Waals surface area contributed by atoms with Gasteiger partial charge in [-0.2, -0.15) is 0 Å². The van der Waals surface area contributed by atoms with Crippen molar-refractivity contribution in [3.8, 4) is 11.3 Å². The molecule has 0 aliphatic rings. The topological polar surface area (TPSA) is 29.3 Å². The standard InChI is InChI=1S/C32H38N2O/c1-4-6-8-10-26-12-16-29(17-13-26)34(30-18-14-27(15-19-30)11-9-7-5-2)32-21-20-31(35-32)28-22-23-33-25(3)24-28/h12-24H,4-11H2,1-3H3. The highest BCUT2D eigenvalue weighted by Crippen LogP contribution is 2.38. The largest absolute Gasteiger partial charge is 0.440 e. The number of unbranched alkanes of at least 4 members (excludes halogenated alkanes) is 4. The molecule has 0 saturated heterocycles. The van der Waals surface area contributed by atoms with Gasteiger partial charge in [-0.1, -0.05) is 63.8 Å². The van der Waals surface area contributed by atoms with Crippen molar-refractivity contribution in [2.24, 2.45) is 0 Å². The molecule has 0 aliphatic heterocycles. The second kappa shape index (κ2) is 12.4. The maximum atomic E-state index is 6.41. The van der Waals surface area contributed by atoms with Gasteiger partial charge in [0.2, 0.25) is 5.88 Å². The third kappa shape index (κ3) is 6.63. The first-order valence-electron chi connectivity index (χ1n) is 13.2. The predicted molar refractivity (Wildman–Crippen MR) is 148 cm³/mol. The summed E-state index contributed by atoms with van der Waals surface area (Å²) in [7, 11) is 0. The Balaban J connectivity index is 1.64. The minimum atomic E-state index is 0.812. The second-order valence-corrected chi connectivity index (χ2v) is 9.41. The Morgan fingerprint density at radius 2 is 1.26 bits per heavy atom. The fraction of sp³-hybridized carbons (Fsp3) is 0.344. The van der Waals surface area contributed by atoms with Crippen LogP contribution in [0.3, 0.4) is 0 Å². The molecule has 182 valence electrons. The minimum Gasteiger partial charge on any atom is -0.440 e. The number of rotatable bonds is 12. The minimum absolute atomic E-state index is 0.812. The van der Waals surface area contributed by atoms with E-state index in [2.05, 4.69) is 90.5 Å². The van der Waals surface area contributed by atoms with Crippen molar-refractivity contribution < 1.29 is 4.42 Å². The number of aryl methyl sites for hydroxylation is 3. The van der Waals surface area contributed by atoms with Crippen LogP contribution in [0.5, 0.6) is 0 Å². The van der Waals surface area contributed by atoms with Crippen molar-refractivity contribution in [1.29, 1.82) is 0 Å². The van der Waals surface area contributed by atoms with Gasteiger partial charge in [0, 0.05) is 34.9 Å². The smallest absolute Gasteiger partial charge is 0.205 e. The van der Waals surface area contributed by atoms with Crippen LogP contribution in [-0.2, 0) is 12.8 Å². The van der Waals surface area contributed by atoms with Crippen molar-refractivity contribution in [2.75, 3.05) is 4.90 Å². The lowest BCUT2D eigenvalue weighted by Crippen LogP contribution is -2.09. The van der Waals surface area contributed by atoms with E-state index in [0.29, 0.717) is 0 Å². The molecular weight excluding hydrogens is 428 g/mol. The van der Waals surface area contributed by atoms with E-state index in [1.807, 2.05) is 19.2 Å². The van der Waals surface area contributed by atoms with E-state index in [0.717, 1.165) is 47.1 Å². The van der Waals surface area contributed by atoms with Crippen molar-refractivity contribution in [3.63, 3.8) is 0 Å². The summed E-state index contributed by atoms with van der Waals surface area (Å²) < 4.78 is 6.41. The maximum Gasteiger partial charge on any atom is 0.205 e. The number of nitrogens with zero attached hydrogens (tertiary/aromatic N) is 2. The third-order valence-corrected chi connectivity index (χ3v) is 6.52. The van der Waals surface area contributed by atoms with Crippen LogP contribution in [0.15, 0.2) is 83.4 Å². The number of anilines is 3. The summed E-state index contributed by atoms with van der Waals surface area (Å²) in [5.41, 5.74) is 7.02. The fourth-order valence-corrected chi connectivity index (χ4v) is 4.49. The zero-order valence-electron chi connectivity index (χ0n) is 21.5. The van der Waals surface area contributed by atoms with Gasteiger partial charge >= 0.3 is 0 Å². The first-order valence-corrected chi connectivity index (χ1v) is 13.2. The van der Waals surface area contributed by atoms with Crippen LogP contribution in [0.1, 0.15) is 69.2 Å². The van der Waals surface area contributed by atoms with E-state index in [-0.39, 0.29) is 0 Å². The van der Waals surface area contributed by atoms with Crippen molar-refractivity contribution in [3.05, 3.63) is 95.8 Å². The maximum absolute atomic E-state index is 6.41. The van der Waals surface area contributed by atoms with E-state index in [1.54, 1.807) is 0 Å². The van der Waals surface area contributed by atoms with Gasteiger partial charge in [0.25, 0.3) is 0 Å². The number of aromatic nitrogens is 1. The highest BCUT2D eigenvalue weighted by Gasteiger charge is 2.17. The monoisotopic (exact) mass is 466 g/mol. The second-order valence-electron chi connectivity index (χ2n) is 9.41. The van der Waals surface area contributed by atoms with Crippen LogP contribution in [0.4, 0.5) is 17.3 Å². The molecule has 0 N–H and O–H groups in total. The predicted octanol–water partition coefficient (Wildman–Crippen LogP) is 9.59. The quantitative estimate of drug-likeness (QED) is 0.195. The molecule has 0 unspecified atom stereocenters. The molecule has 0 amide bonds. The Bertz CT molecular complexity index is 1120. The van der Waals surface area contributed by atoms with Crippen molar-refractivity contribution in [2.45, 2.75) is 72.1 Å². The van der Waals surface area contributed by atoms with Crippen LogP contribution >= 0.6 is 0 Å². The highest BCUT2D eigenvalue weighted by molar-refractivity contribution is 5.75. The summed E-state index contributed by atoms with van der Waals surface area (Å²) in [4.78, 5) is 6.53. The van der Waals surface area contributed by atoms with Crippen LogP contribution in [-0.4, -0.2) is 4.98 Å². The van der Waals surface area contributed by atoms with E-state index in [4.69, 9.17) is 4.42 Å². The summed E-state index contributed by atoms with van der Waals surface area (Å²) in [5, 5.41) is 0. The third-order valence-electron chi connectivity index (χ3n) is 6.52. The SMILES string of the molecule is CCCCCc1ccc(N(c2ccc(CCCCC)cc2)c2ccc(-c3ccnc(C)c3)o2)cc1. The number of hydrogen-bond donors (Lipinski definition) is 0. The zero-order chi connectivity index (χ0) is 24.5. The summed E-state index contributed by atoms with van der Waals surface area (Å²) in [6, 6.07) is 26.1. The van der Waals surface area contributed by atoms with Gasteiger partial charge < -0.3 is 4.42 Å². The zero-order valence-corrected chi connectivity index (χ0v) is 21.5. The molecule has 3 nitrogen and oxygen atoms in total. The Morgan fingerprint density at radius 1 is 0.686 bits per heavy atom. The normalized spacial score (nSPS) is 11.1. The van der Waals surface area contributed by atoms with Gasteiger partial charge in [0.1, 0.15) is 5.76 Å². The Morgan fingerprint density at radius 3 is 1.77 bits per heavy atom. The molecule has 3 heteroatoms. The van der Waals surface area contributed by atoms with Gasteiger partial charge in [0.05, 0.1) is 0 Å². The van der Waals surface area contributed by atoms with Crippen LogP contribution < -0.4 is 4.90 Å². The fourth-order valence-electron chi connectivity index (χ4n) is 4.49. The number of hydrogen-bond acceptors (Lipinski definition) is 3. The van der Waals surface area contributed by atoms with Crippen molar-refractivity contribution >= 4 is 17.3 Å². The van der Waals surface area contributed by atoms with E-state index in [1.165, 1.54) is 49.7 Å². The lowest BCUT2D eigenvalue weighted by molar-refractivity contribution is 0.588. The summed E-state index contributed by atoms with van der Waals surface area (Å²) in [6.07, 6.45) is 11.6. The summed E-state index contributed by atoms with van der Waals surface area (Å²) >= 11 is 0.